The largest absolute Gasteiger partial charge is 0.462 e. The minimum atomic E-state index is -0.757. The molecule has 1 heterocycles. The summed E-state index contributed by atoms with van der Waals surface area (Å²) in [6.45, 7) is 3.28. The Kier molecular flexibility index (Phi) is 7.15. The number of hydrogen-bond acceptors (Lipinski definition) is 6. The molecule has 1 N–H and O–H groups in total. The molecule has 31 heavy (non-hydrogen) atoms. The lowest BCUT2D eigenvalue weighted by Gasteiger charge is -2.09. The van der Waals surface area contributed by atoms with Crippen molar-refractivity contribution < 1.29 is 28.2 Å². The molecule has 8 heteroatoms. The van der Waals surface area contributed by atoms with E-state index in [1.54, 1.807) is 12.3 Å². The van der Waals surface area contributed by atoms with Gasteiger partial charge in [-0.3, -0.25) is 4.79 Å². The highest BCUT2D eigenvalue weighted by atomic mass is 32.1. The molecule has 0 fully saturated rings. The Balaban J connectivity index is 1.74. The van der Waals surface area contributed by atoms with E-state index in [0.29, 0.717) is 10.6 Å². The van der Waals surface area contributed by atoms with Gasteiger partial charge in [0.2, 0.25) is 0 Å². The Bertz CT molecular complexity index is 1090. The van der Waals surface area contributed by atoms with Crippen LogP contribution in [0, 0.1) is 12.7 Å². The summed E-state index contributed by atoms with van der Waals surface area (Å²) in [6, 6.07) is 12.4. The zero-order valence-corrected chi connectivity index (χ0v) is 17.8. The van der Waals surface area contributed by atoms with E-state index in [9.17, 15) is 18.8 Å². The molecule has 1 aromatic heterocycles. The Morgan fingerprint density at radius 3 is 2.29 bits per heavy atom. The van der Waals surface area contributed by atoms with Crippen molar-refractivity contribution in [3.8, 4) is 11.1 Å². The fourth-order valence-corrected chi connectivity index (χ4v) is 3.74. The van der Waals surface area contributed by atoms with E-state index < -0.39 is 30.3 Å². The number of hydrogen-bond donors (Lipinski definition) is 1. The molecule has 0 saturated heterocycles. The monoisotopic (exact) mass is 441 g/mol. The van der Waals surface area contributed by atoms with Crippen molar-refractivity contribution in [1.82, 2.24) is 0 Å². The van der Waals surface area contributed by atoms with Gasteiger partial charge in [-0.05, 0) is 43.7 Å². The van der Waals surface area contributed by atoms with E-state index in [0.717, 1.165) is 23.3 Å². The van der Waals surface area contributed by atoms with E-state index in [2.05, 4.69) is 5.32 Å². The van der Waals surface area contributed by atoms with Gasteiger partial charge in [0.25, 0.3) is 5.91 Å². The maximum atomic E-state index is 13.0. The van der Waals surface area contributed by atoms with Crippen molar-refractivity contribution >= 4 is 34.2 Å². The first-order chi connectivity index (χ1) is 14.9. The first-order valence-corrected chi connectivity index (χ1v) is 10.3. The first-order valence-electron chi connectivity index (χ1n) is 9.47. The number of amides is 1. The van der Waals surface area contributed by atoms with Gasteiger partial charge < -0.3 is 14.8 Å². The third-order valence-corrected chi connectivity index (χ3v) is 5.20. The number of ether oxygens (including phenoxy) is 2. The van der Waals surface area contributed by atoms with Gasteiger partial charge in [0.15, 0.2) is 6.61 Å². The number of rotatable bonds is 7. The molecule has 0 aliphatic heterocycles. The molecule has 0 atom stereocenters. The van der Waals surface area contributed by atoms with Crippen LogP contribution in [0.5, 0.6) is 0 Å². The third-order valence-electron chi connectivity index (χ3n) is 4.30. The minimum Gasteiger partial charge on any atom is -0.462 e. The van der Waals surface area contributed by atoms with Crippen LogP contribution >= 0.6 is 11.3 Å². The van der Waals surface area contributed by atoms with Crippen molar-refractivity contribution in [3.05, 3.63) is 76.4 Å². The van der Waals surface area contributed by atoms with Crippen LogP contribution in [0.2, 0.25) is 0 Å². The molecular formula is C23H20FNO5S. The van der Waals surface area contributed by atoms with Crippen molar-refractivity contribution in [2.75, 3.05) is 18.5 Å². The zero-order valence-electron chi connectivity index (χ0n) is 16.9. The van der Waals surface area contributed by atoms with Crippen molar-refractivity contribution in [1.29, 1.82) is 0 Å². The van der Waals surface area contributed by atoms with Crippen LogP contribution in [0.4, 0.5) is 9.39 Å². The number of thiophene rings is 1. The van der Waals surface area contributed by atoms with Crippen LogP contribution in [0.25, 0.3) is 11.1 Å². The van der Waals surface area contributed by atoms with Gasteiger partial charge >= 0.3 is 11.9 Å². The van der Waals surface area contributed by atoms with Crippen LogP contribution in [0.3, 0.4) is 0 Å². The quantitative estimate of drug-likeness (QED) is 0.531. The summed E-state index contributed by atoms with van der Waals surface area (Å²) in [7, 11) is 0. The van der Waals surface area contributed by atoms with Gasteiger partial charge in [-0.25, -0.2) is 14.0 Å². The topological polar surface area (TPSA) is 81.7 Å². The Labute approximate surface area is 182 Å². The molecule has 6 nitrogen and oxygen atoms in total. The molecule has 0 unspecified atom stereocenters. The molecule has 0 radical (unpaired) electrons. The van der Waals surface area contributed by atoms with E-state index >= 15 is 0 Å². The van der Waals surface area contributed by atoms with Gasteiger partial charge in [0, 0.05) is 10.9 Å². The van der Waals surface area contributed by atoms with E-state index in [1.165, 1.54) is 23.5 Å². The third kappa shape index (κ3) is 5.55. The number of carbonyl (C=O) groups excluding carboxylic acids is 3. The molecule has 3 aromatic rings. The predicted octanol–water partition coefficient (Wildman–Crippen LogP) is 4.83. The lowest BCUT2D eigenvalue weighted by Crippen LogP contribution is -2.21. The highest BCUT2D eigenvalue weighted by Crippen LogP contribution is 2.36. The molecular weight excluding hydrogens is 421 g/mol. The molecule has 160 valence electrons. The van der Waals surface area contributed by atoms with Crippen molar-refractivity contribution in [2.24, 2.45) is 0 Å². The van der Waals surface area contributed by atoms with Crippen LogP contribution in [-0.4, -0.2) is 31.1 Å². The maximum absolute atomic E-state index is 13.0. The normalized spacial score (nSPS) is 10.4. The Hall–Kier alpha value is -3.52. The second-order valence-electron chi connectivity index (χ2n) is 6.57. The van der Waals surface area contributed by atoms with Gasteiger partial charge in [0.05, 0.1) is 12.2 Å². The summed E-state index contributed by atoms with van der Waals surface area (Å²) >= 11 is 1.18. The van der Waals surface area contributed by atoms with Crippen LogP contribution in [0.1, 0.15) is 33.2 Å². The van der Waals surface area contributed by atoms with Crippen molar-refractivity contribution in [3.63, 3.8) is 0 Å². The van der Waals surface area contributed by atoms with Crippen molar-refractivity contribution in [2.45, 2.75) is 13.8 Å². The fraction of sp³-hybridized carbons (Fsp3) is 0.174. The molecule has 0 saturated carbocycles. The van der Waals surface area contributed by atoms with Crippen LogP contribution in [-0.2, 0) is 14.3 Å². The van der Waals surface area contributed by atoms with Gasteiger partial charge in [-0.1, -0.05) is 29.8 Å². The average molecular weight is 441 g/mol. The summed E-state index contributed by atoms with van der Waals surface area (Å²) in [5.74, 6) is -2.41. The minimum absolute atomic E-state index is 0.124. The van der Waals surface area contributed by atoms with Gasteiger partial charge in [-0.15, -0.1) is 11.3 Å². The number of carbonyl (C=O) groups is 3. The van der Waals surface area contributed by atoms with Gasteiger partial charge in [-0.2, -0.15) is 0 Å². The molecule has 0 bridgehead atoms. The van der Waals surface area contributed by atoms with E-state index in [1.807, 2.05) is 31.2 Å². The zero-order chi connectivity index (χ0) is 22.4. The van der Waals surface area contributed by atoms with Gasteiger partial charge in [0.1, 0.15) is 16.4 Å². The predicted molar refractivity (Wildman–Crippen MR) is 116 cm³/mol. The number of benzene rings is 2. The number of esters is 2. The fourth-order valence-electron chi connectivity index (χ4n) is 2.76. The molecule has 3 rings (SSSR count). The molecule has 0 spiro atoms. The summed E-state index contributed by atoms with van der Waals surface area (Å²) in [5, 5.41) is 4.67. The summed E-state index contributed by atoms with van der Waals surface area (Å²) in [6.07, 6.45) is 0. The smallest absolute Gasteiger partial charge is 0.341 e. The SMILES string of the molecule is CCOC(=O)c1c(-c2ccc(C)cc2)csc1NC(=O)COC(=O)c1ccc(F)cc1. The lowest BCUT2D eigenvalue weighted by molar-refractivity contribution is -0.119. The second-order valence-corrected chi connectivity index (χ2v) is 7.45. The molecule has 0 aliphatic rings. The molecule has 1 amide bonds. The average Bonchev–Trinajstić information content (AvgIpc) is 3.16. The number of aryl methyl sites for hydroxylation is 1. The molecule has 0 aliphatic carbocycles. The Morgan fingerprint density at radius 2 is 1.65 bits per heavy atom. The number of halogens is 1. The molecule has 2 aromatic carbocycles. The summed E-state index contributed by atoms with van der Waals surface area (Å²) < 4.78 is 23.1. The van der Waals surface area contributed by atoms with Crippen LogP contribution in [0.15, 0.2) is 53.9 Å². The van der Waals surface area contributed by atoms with E-state index in [-0.39, 0.29) is 17.7 Å². The number of nitrogens with one attached hydrogen (secondary N) is 1. The standard InChI is InChI=1S/C23H20FNO5S/c1-3-29-23(28)20-18(15-6-4-14(2)5-7-15)13-31-21(20)25-19(26)12-30-22(27)16-8-10-17(24)11-9-16/h4-11,13H,3,12H2,1-2H3,(H,25,26). The van der Waals surface area contributed by atoms with Crippen LogP contribution < -0.4 is 5.32 Å². The Morgan fingerprint density at radius 1 is 0.968 bits per heavy atom. The first kappa shape index (κ1) is 22.2. The summed E-state index contributed by atoms with van der Waals surface area (Å²) in [5.41, 5.74) is 2.90. The maximum Gasteiger partial charge on any atom is 0.341 e. The summed E-state index contributed by atoms with van der Waals surface area (Å²) in [4.78, 5) is 36.9. The highest BCUT2D eigenvalue weighted by molar-refractivity contribution is 7.15. The number of anilines is 1. The highest BCUT2D eigenvalue weighted by Gasteiger charge is 2.23. The van der Waals surface area contributed by atoms with E-state index in [4.69, 9.17) is 9.47 Å². The second kappa shape index (κ2) is 9.99. The lowest BCUT2D eigenvalue weighted by atomic mass is 10.0.